The zero-order valence-electron chi connectivity index (χ0n) is 16.1. The van der Waals surface area contributed by atoms with Crippen molar-refractivity contribution in [2.75, 3.05) is 47.5 Å². The molecule has 1 aromatic carbocycles. The molecule has 0 radical (unpaired) electrons. The number of carbonyl (C=O) groups is 1. The molecule has 1 aromatic rings. The fraction of sp³-hybridized carbons (Fsp3) is 0.650. The highest BCUT2D eigenvalue weighted by atomic mass is 16.5. The van der Waals surface area contributed by atoms with Crippen molar-refractivity contribution in [3.05, 3.63) is 17.7 Å². The first-order valence-corrected chi connectivity index (χ1v) is 9.44. The van der Waals surface area contributed by atoms with Gasteiger partial charge in [0, 0.05) is 44.7 Å². The van der Waals surface area contributed by atoms with Crippen molar-refractivity contribution >= 4 is 5.91 Å². The molecule has 0 spiro atoms. The van der Waals surface area contributed by atoms with Crippen molar-refractivity contribution in [1.29, 1.82) is 0 Å². The SMILES string of the molecule is COc1ccc(CN2CCCN(C(=O)CC3CC3)CC2)c(OC)c1OC. The molecule has 1 aliphatic heterocycles. The van der Waals surface area contributed by atoms with Crippen LogP contribution in [0.5, 0.6) is 17.2 Å². The summed E-state index contributed by atoms with van der Waals surface area (Å²) in [6, 6.07) is 3.95. The minimum Gasteiger partial charge on any atom is -0.493 e. The molecule has 1 saturated heterocycles. The van der Waals surface area contributed by atoms with Gasteiger partial charge in [0.15, 0.2) is 11.5 Å². The maximum Gasteiger partial charge on any atom is 0.222 e. The van der Waals surface area contributed by atoms with Crippen molar-refractivity contribution < 1.29 is 19.0 Å². The molecule has 144 valence electrons. The molecule has 26 heavy (non-hydrogen) atoms. The lowest BCUT2D eigenvalue weighted by atomic mass is 10.1. The summed E-state index contributed by atoms with van der Waals surface area (Å²) in [6.45, 7) is 4.30. The van der Waals surface area contributed by atoms with Crippen LogP contribution in [0, 0.1) is 5.92 Å². The Morgan fingerprint density at radius 1 is 1.00 bits per heavy atom. The fourth-order valence-corrected chi connectivity index (χ4v) is 3.61. The van der Waals surface area contributed by atoms with E-state index < -0.39 is 0 Å². The van der Waals surface area contributed by atoms with Crippen LogP contribution in [0.15, 0.2) is 12.1 Å². The molecule has 1 saturated carbocycles. The van der Waals surface area contributed by atoms with E-state index in [0.29, 0.717) is 23.3 Å². The average molecular weight is 362 g/mol. The zero-order valence-corrected chi connectivity index (χ0v) is 16.1. The first-order chi connectivity index (χ1) is 12.7. The van der Waals surface area contributed by atoms with Gasteiger partial charge in [-0.25, -0.2) is 0 Å². The molecule has 3 rings (SSSR count). The van der Waals surface area contributed by atoms with Crippen LogP contribution in [-0.4, -0.2) is 63.2 Å². The van der Waals surface area contributed by atoms with Gasteiger partial charge in [-0.2, -0.15) is 0 Å². The van der Waals surface area contributed by atoms with Gasteiger partial charge in [-0.1, -0.05) is 6.07 Å². The van der Waals surface area contributed by atoms with Crippen molar-refractivity contribution in [3.63, 3.8) is 0 Å². The Kier molecular flexibility index (Phi) is 6.25. The summed E-state index contributed by atoms with van der Waals surface area (Å²) in [4.78, 5) is 16.8. The maximum absolute atomic E-state index is 12.4. The third-order valence-corrected chi connectivity index (χ3v) is 5.28. The summed E-state index contributed by atoms with van der Waals surface area (Å²) in [7, 11) is 4.90. The molecule has 1 aliphatic carbocycles. The summed E-state index contributed by atoms with van der Waals surface area (Å²) in [5, 5.41) is 0. The van der Waals surface area contributed by atoms with Crippen LogP contribution in [0.2, 0.25) is 0 Å². The minimum absolute atomic E-state index is 0.332. The summed E-state index contributed by atoms with van der Waals surface area (Å²) in [6.07, 6.45) is 4.20. The van der Waals surface area contributed by atoms with Crippen molar-refractivity contribution in [2.45, 2.75) is 32.2 Å². The lowest BCUT2D eigenvalue weighted by Crippen LogP contribution is -2.35. The minimum atomic E-state index is 0.332. The van der Waals surface area contributed by atoms with Gasteiger partial charge in [0.05, 0.1) is 21.3 Å². The highest BCUT2D eigenvalue weighted by Crippen LogP contribution is 2.40. The van der Waals surface area contributed by atoms with E-state index in [1.807, 2.05) is 17.0 Å². The number of ether oxygens (including phenoxy) is 3. The van der Waals surface area contributed by atoms with Crippen LogP contribution in [0.4, 0.5) is 0 Å². The van der Waals surface area contributed by atoms with Crippen LogP contribution in [-0.2, 0) is 11.3 Å². The Morgan fingerprint density at radius 2 is 1.77 bits per heavy atom. The van der Waals surface area contributed by atoms with E-state index in [1.54, 1.807) is 21.3 Å². The second-order valence-electron chi connectivity index (χ2n) is 7.15. The van der Waals surface area contributed by atoms with E-state index in [9.17, 15) is 4.79 Å². The summed E-state index contributed by atoms with van der Waals surface area (Å²) >= 11 is 0. The van der Waals surface area contributed by atoms with Crippen molar-refractivity contribution in [1.82, 2.24) is 9.80 Å². The predicted octanol–water partition coefficient (Wildman–Crippen LogP) is 2.55. The molecule has 0 aromatic heterocycles. The van der Waals surface area contributed by atoms with Gasteiger partial charge in [-0.05, 0) is 31.2 Å². The molecule has 0 atom stereocenters. The van der Waals surface area contributed by atoms with Crippen LogP contribution < -0.4 is 14.2 Å². The Labute approximate surface area is 156 Å². The first-order valence-electron chi connectivity index (χ1n) is 9.44. The van der Waals surface area contributed by atoms with Gasteiger partial charge in [0.2, 0.25) is 11.7 Å². The van der Waals surface area contributed by atoms with E-state index in [0.717, 1.165) is 56.9 Å². The molecule has 0 unspecified atom stereocenters. The van der Waals surface area contributed by atoms with Gasteiger partial charge < -0.3 is 19.1 Å². The Bertz CT molecular complexity index is 630. The Balaban J connectivity index is 1.64. The number of carbonyl (C=O) groups excluding carboxylic acids is 1. The topological polar surface area (TPSA) is 51.2 Å². The quantitative estimate of drug-likeness (QED) is 0.746. The monoisotopic (exact) mass is 362 g/mol. The molecule has 0 N–H and O–H groups in total. The average Bonchev–Trinajstić information content (AvgIpc) is 3.48. The third kappa shape index (κ3) is 4.41. The third-order valence-electron chi connectivity index (χ3n) is 5.28. The Hall–Kier alpha value is -1.95. The van der Waals surface area contributed by atoms with Gasteiger partial charge in [0.1, 0.15) is 0 Å². The molecule has 6 heteroatoms. The van der Waals surface area contributed by atoms with Crippen LogP contribution in [0.25, 0.3) is 0 Å². The van der Waals surface area contributed by atoms with Crippen LogP contribution >= 0.6 is 0 Å². The largest absolute Gasteiger partial charge is 0.493 e. The summed E-state index contributed by atoms with van der Waals surface area (Å²) in [5.41, 5.74) is 1.07. The second-order valence-corrected chi connectivity index (χ2v) is 7.15. The first kappa shape index (κ1) is 18.8. The number of nitrogens with zero attached hydrogens (tertiary/aromatic N) is 2. The lowest BCUT2D eigenvalue weighted by molar-refractivity contribution is -0.131. The smallest absolute Gasteiger partial charge is 0.222 e. The van der Waals surface area contributed by atoms with Gasteiger partial charge in [0.25, 0.3) is 0 Å². The highest BCUT2D eigenvalue weighted by Gasteiger charge is 2.28. The lowest BCUT2D eigenvalue weighted by Gasteiger charge is -2.23. The normalized spacial score (nSPS) is 18.3. The summed E-state index contributed by atoms with van der Waals surface area (Å²) < 4.78 is 16.4. The molecule has 0 bridgehead atoms. The molecule has 6 nitrogen and oxygen atoms in total. The number of rotatable bonds is 7. The van der Waals surface area contributed by atoms with E-state index in [4.69, 9.17) is 14.2 Å². The van der Waals surface area contributed by atoms with Crippen molar-refractivity contribution in [3.8, 4) is 17.2 Å². The second kappa shape index (κ2) is 8.62. The molecule has 2 fully saturated rings. The van der Waals surface area contributed by atoms with Crippen LogP contribution in [0.3, 0.4) is 0 Å². The van der Waals surface area contributed by atoms with Gasteiger partial charge in [-0.3, -0.25) is 9.69 Å². The van der Waals surface area contributed by atoms with E-state index in [2.05, 4.69) is 4.90 Å². The van der Waals surface area contributed by atoms with Gasteiger partial charge >= 0.3 is 0 Å². The fourth-order valence-electron chi connectivity index (χ4n) is 3.61. The standard InChI is InChI=1S/C20H30N2O4/c1-24-17-8-7-16(19(25-2)20(17)26-3)14-21-9-4-10-22(12-11-21)18(23)13-15-5-6-15/h7-8,15H,4-6,9-14H2,1-3H3. The molecular formula is C20H30N2O4. The number of methoxy groups -OCH3 is 3. The molecular weight excluding hydrogens is 332 g/mol. The number of amides is 1. The number of benzene rings is 1. The number of hydrogen-bond acceptors (Lipinski definition) is 5. The Morgan fingerprint density at radius 3 is 2.42 bits per heavy atom. The number of hydrogen-bond donors (Lipinski definition) is 0. The summed E-state index contributed by atoms with van der Waals surface area (Å²) in [5.74, 6) is 3.00. The predicted molar refractivity (Wildman–Crippen MR) is 99.9 cm³/mol. The molecule has 1 heterocycles. The molecule has 1 amide bonds. The van der Waals surface area contributed by atoms with E-state index >= 15 is 0 Å². The van der Waals surface area contributed by atoms with E-state index in [1.165, 1.54) is 12.8 Å². The highest BCUT2D eigenvalue weighted by molar-refractivity contribution is 5.76. The zero-order chi connectivity index (χ0) is 18.5. The van der Waals surface area contributed by atoms with Crippen molar-refractivity contribution in [2.24, 2.45) is 5.92 Å². The van der Waals surface area contributed by atoms with E-state index in [-0.39, 0.29) is 0 Å². The van der Waals surface area contributed by atoms with Crippen LogP contribution in [0.1, 0.15) is 31.2 Å². The molecule has 2 aliphatic rings. The maximum atomic E-state index is 12.4. The van der Waals surface area contributed by atoms with Gasteiger partial charge in [-0.15, -0.1) is 0 Å².